The van der Waals surface area contributed by atoms with E-state index < -0.39 is 12.6 Å². The molecule has 1 nitrogen and oxygen atoms in total. The van der Waals surface area contributed by atoms with E-state index in [4.69, 9.17) is 4.74 Å². The molecule has 0 spiro atoms. The van der Waals surface area contributed by atoms with E-state index in [1.807, 2.05) is 20.8 Å². The maximum Gasteiger partial charge on any atom is 0.389 e. The first kappa shape index (κ1) is 15.7. The number of alkyl halides is 3. The van der Waals surface area contributed by atoms with E-state index >= 15 is 0 Å². The molecule has 16 heavy (non-hydrogen) atoms. The number of rotatable bonds is 6. The van der Waals surface area contributed by atoms with Gasteiger partial charge in [0.1, 0.15) is 5.76 Å². The van der Waals surface area contributed by atoms with Crippen LogP contribution in [0.15, 0.2) is 10.7 Å². The van der Waals surface area contributed by atoms with Gasteiger partial charge in [0, 0.05) is 17.7 Å². The summed E-state index contributed by atoms with van der Waals surface area (Å²) in [7, 11) is 0. The van der Waals surface area contributed by atoms with Gasteiger partial charge in [-0.3, -0.25) is 0 Å². The summed E-state index contributed by atoms with van der Waals surface area (Å²) in [4.78, 5) is 0.814. The van der Waals surface area contributed by atoms with Gasteiger partial charge in [-0.05, 0) is 12.3 Å². The Hall–Kier alpha value is -0.320. The van der Waals surface area contributed by atoms with Crippen molar-refractivity contribution >= 4 is 12.6 Å². The van der Waals surface area contributed by atoms with Gasteiger partial charge in [0.2, 0.25) is 0 Å². The second kappa shape index (κ2) is 7.09. The summed E-state index contributed by atoms with van der Waals surface area (Å²) in [6.07, 6.45) is -4.25. The predicted octanol–water partition coefficient (Wildman–Crippen LogP) is 4.55. The predicted molar refractivity (Wildman–Crippen MR) is 62.4 cm³/mol. The molecule has 0 unspecified atom stereocenters. The smallest absolute Gasteiger partial charge is 0.389 e. The highest BCUT2D eigenvalue weighted by Crippen LogP contribution is 2.24. The van der Waals surface area contributed by atoms with Gasteiger partial charge >= 0.3 is 6.18 Å². The van der Waals surface area contributed by atoms with Gasteiger partial charge in [-0.1, -0.05) is 20.8 Å². The van der Waals surface area contributed by atoms with E-state index in [1.165, 1.54) is 0 Å². The SMILES string of the molecule is CC/C(OCCCC(F)(F)F)=C(/S)C(C)C. The first-order chi connectivity index (χ1) is 7.28. The lowest BCUT2D eigenvalue weighted by molar-refractivity contribution is -0.137. The second-order valence-corrected chi connectivity index (χ2v) is 4.37. The molecule has 0 N–H and O–H groups in total. The summed E-state index contributed by atoms with van der Waals surface area (Å²) in [5, 5.41) is 0. The highest BCUT2D eigenvalue weighted by atomic mass is 32.1. The third-order valence-corrected chi connectivity index (χ3v) is 2.80. The standard InChI is InChI=1S/C11H19F3OS/c1-4-9(10(16)8(2)3)15-7-5-6-11(12,13)14/h8,16H,4-7H2,1-3H3/b10-9-. The van der Waals surface area contributed by atoms with Crippen LogP contribution in [0.2, 0.25) is 0 Å². The molecule has 0 rings (SSSR count). The monoisotopic (exact) mass is 256 g/mol. The van der Waals surface area contributed by atoms with Crippen molar-refractivity contribution in [3.8, 4) is 0 Å². The molecule has 0 bridgehead atoms. The summed E-state index contributed by atoms with van der Waals surface area (Å²) in [5.74, 6) is 0.932. The highest BCUT2D eigenvalue weighted by Gasteiger charge is 2.26. The molecule has 0 atom stereocenters. The Morgan fingerprint density at radius 3 is 2.25 bits per heavy atom. The van der Waals surface area contributed by atoms with Crippen molar-refractivity contribution in [3.05, 3.63) is 10.7 Å². The molecule has 0 aromatic rings. The molecule has 0 saturated heterocycles. The second-order valence-electron chi connectivity index (χ2n) is 3.88. The molecule has 0 amide bonds. The summed E-state index contributed by atoms with van der Waals surface area (Å²) >= 11 is 4.29. The molecular formula is C11H19F3OS. The van der Waals surface area contributed by atoms with E-state index in [0.29, 0.717) is 12.2 Å². The fraction of sp³-hybridized carbons (Fsp3) is 0.818. The van der Waals surface area contributed by atoms with Crippen LogP contribution in [0.1, 0.15) is 40.0 Å². The average molecular weight is 256 g/mol. The maximum atomic E-state index is 11.9. The molecule has 0 fully saturated rings. The Morgan fingerprint density at radius 2 is 1.88 bits per heavy atom. The molecule has 0 aliphatic carbocycles. The van der Waals surface area contributed by atoms with E-state index in [2.05, 4.69) is 12.6 Å². The molecule has 0 aliphatic heterocycles. The van der Waals surface area contributed by atoms with E-state index in [0.717, 1.165) is 4.91 Å². The van der Waals surface area contributed by atoms with Crippen LogP contribution in [0.25, 0.3) is 0 Å². The Morgan fingerprint density at radius 1 is 1.31 bits per heavy atom. The molecule has 0 saturated carbocycles. The average Bonchev–Trinajstić information content (AvgIpc) is 2.15. The minimum absolute atomic E-state index is 0.00778. The number of halogens is 3. The van der Waals surface area contributed by atoms with Crippen molar-refractivity contribution in [2.45, 2.75) is 46.2 Å². The molecule has 0 radical (unpaired) electrons. The first-order valence-electron chi connectivity index (χ1n) is 5.39. The fourth-order valence-electron chi connectivity index (χ4n) is 1.15. The van der Waals surface area contributed by atoms with Gasteiger partial charge < -0.3 is 4.74 Å². The van der Waals surface area contributed by atoms with Crippen molar-refractivity contribution in [2.24, 2.45) is 5.92 Å². The van der Waals surface area contributed by atoms with Gasteiger partial charge in [-0.25, -0.2) is 0 Å². The number of hydrogen-bond acceptors (Lipinski definition) is 2. The molecule has 5 heteroatoms. The number of thiol groups is 1. The molecular weight excluding hydrogens is 237 g/mol. The lowest BCUT2D eigenvalue weighted by Crippen LogP contribution is -2.09. The fourth-order valence-corrected chi connectivity index (χ4v) is 1.37. The molecule has 0 aromatic carbocycles. The maximum absolute atomic E-state index is 11.9. The Labute approximate surface area is 100 Å². The van der Waals surface area contributed by atoms with E-state index in [1.54, 1.807) is 0 Å². The normalized spacial score (nSPS) is 14.0. The van der Waals surface area contributed by atoms with Crippen molar-refractivity contribution in [1.82, 2.24) is 0 Å². The Balaban J connectivity index is 4.03. The minimum atomic E-state index is -4.10. The highest BCUT2D eigenvalue weighted by molar-refractivity contribution is 7.84. The number of hydrogen-bond donors (Lipinski definition) is 1. The van der Waals surface area contributed by atoms with Crippen LogP contribution in [0.3, 0.4) is 0 Å². The zero-order valence-electron chi connectivity index (χ0n) is 9.90. The van der Waals surface area contributed by atoms with Crippen LogP contribution in [-0.2, 0) is 4.74 Å². The van der Waals surface area contributed by atoms with E-state index in [-0.39, 0.29) is 18.9 Å². The molecule has 96 valence electrons. The Kier molecular flexibility index (Phi) is 6.95. The lowest BCUT2D eigenvalue weighted by Gasteiger charge is -2.14. The lowest BCUT2D eigenvalue weighted by atomic mass is 10.1. The van der Waals surface area contributed by atoms with Crippen LogP contribution in [0.4, 0.5) is 13.2 Å². The van der Waals surface area contributed by atoms with Crippen molar-refractivity contribution in [2.75, 3.05) is 6.61 Å². The zero-order valence-corrected chi connectivity index (χ0v) is 10.8. The summed E-state index contributed by atoms with van der Waals surface area (Å²) in [6, 6.07) is 0. The largest absolute Gasteiger partial charge is 0.497 e. The van der Waals surface area contributed by atoms with Crippen LogP contribution in [0, 0.1) is 5.92 Å². The van der Waals surface area contributed by atoms with E-state index in [9.17, 15) is 13.2 Å². The Bertz CT molecular complexity index is 234. The van der Waals surface area contributed by atoms with Crippen molar-refractivity contribution in [3.63, 3.8) is 0 Å². The van der Waals surface area contributed by atoms with Crippen LogP contribution >= 0.6 is 12.6 Å². The van der Waals surface area contributed by atoms with Gasteiger partial charge in [0.25, 0.3) is 0 Å². The summed E-state index contributed by atoms with van der Waals surface area (Å²) < 4.78 is 40.9. The molecule has 0 aliphatic rings. The number of allylic oxidation sites excluding steroid dienone is 2. The third kappa shape index (κ3) is 7.04. The van der Waals surface area contributed by atoms with Crippen LogP contribution < -0.4 is 0 Å². The van der Waals surface area contributed by atoms with Crippen LogP contribution in [0.5, 0.6) is 0 Å². The van der Waals surface area contributed by atoms with Crippen LogP contribution in [-0.4, -0.2) is 12.8 Å². The zero-order chi connectivity index (χ0) is 12.8. The minimum Gasteiger partial charge on any atom is -0.497 e. The van der Waals surface area contributed by atoms with Crippen molar-refractivity contribution < 1.29 is 17.9 Å². The summed E-state index contributed by atoms with van der Waals surface area (Å²) in [5.41, 5.74) is 0. The number of ether oxygens (including phenoxy) is 1. The quantitative estimate of drug-likeness (QED) is 0.416. The van der Waals surface area contributed by atoms with Gasteiger partial charge in [0.05, 0.1) is 6.61 Å². The molecule has 0 aromatic heterocycles. The topological polar surface area (TPSA) is 9.23 Å². The van der Waals surface area contributed by atoms with Crippen molar-refractivity contribution in [1.29, 1.82) is 0 Å². The molecule has 0 heterocycles. The third-order valence-electron chi connectivity index (χ3n) is 2.03. The first-order valence-corrected chi connectivity index (χ1v) is 5.84. The van der Waals surface area contributed by atoms with Gasteiger partial charge in [0.15, 0.2) is 0 Å². The van der Waals surface area contributed by atoms with Gasteiger partial charge in [-0.2, -0.15) is 13.2 Å². The summed E-state index contributed by atoms with van der Waals surface area (Å²) in [6.45, 7) is 5.94. The van der Waals surface area contributed by atoms with Gasteiger partial charge in [-0.15, -0.1) is 12.6 Å².